The zero-order valence-corrected chi connectivity index (χ0v) is 53.1. The number of likely N-dealkylation sites (N-methyl/N-ethyl adjacent to an activating group) is 1. The number of carboxylic acids is 2. The first-order valence-corrected chi connectivity index (χ1v) is 28.1. The maximum absolute atomic E-state index is 14.0. The number of aliphatic imine (C=N–C) groups is 1. The number of nitrogens with zero attached hydrogens (tertiary/aromatic N) is 5. The zero-order valence-electron chi connectivity index (χ0n) is 51.2. The quantitative estimate of drug-likeness (QED) is 0.0121. The van der Waals surface area contributed by atoms with Crippen LogP contribution in [0.3, 0.4) is 0 Å². The van der Waals surface area contributed by atoms with Crippen molar-refractivity contribution in [2.24, 2.45) is 27.5 Å². The first-order valence-electron chi connectivity index (χ1n) is 28.1. The maximum Gasteiger partial charge on any atom is 0.328 e. The van der Waals surface area contributed by atoms with Gasteiger partial charge in [-0.25, -0.2) is 15.3 Å². The number of aliphatic hydroxyl groups excluding tert-OH is 3. The molecule has 1 aromatic carbocycles. The minimum absolute atomic E-state index is 0. The van der Waals surface area contributed by atoms with Gasteiger partial charge in [-0.05, 0) is 79.6 Å². The van der Waals surface area contributed by atoms with Gasteiger partial charge in [0.2, 0.25) is 29.5 Å². The molecule has 1 aliphatic rings. The molecule has 3 aromatic rings. The number of hydrogen-bond acceptors (Lipinski definition) is 23. The molecule has 2 aromatic heterocycles. The van der Waals surface area contributed by atoms with Crippen molar-refractivity contribution >= 4 is 88.6 Å². The molecular weight excluding hydrogens is 1300 g/mol. The molecule has 0 saturated carbocycles. The van der Waals surface area contributed by atoms with Gasteiger partial charge in [0.05, 0.1) is 71.1 Å². The third-order valence-corrected chi connectivity index (χ3v) is 13.1. The van der Waals surface area contributed by atoms with Crippen molar-refractivity contribution in [1.29, 1.82) is 5.53 Å². The van der Waals surface area contributed by atoms with Gasteiger partial charge >= 0.3 is 23.9 Å². The number of fused-ring (bicyclic) bond motifs is 2. The monoisotopic (exact) mass is 1380 g/mol. The van der Waals surface area contributed by atoms with E-state index in [1.165, 1.54) is 82.3 Å². The number of carboxylic acid groups (broad SMARTS) is 2. The van der Waals surface area contributed by atoms with Gasteiger partial charge in [0.25, 0.3) is 17.7 Å². The fraction of sp³-hybridized carbons (Fsp3) is 0.482. The van der Waals surface area contributed by atoms with Crippen LogP contribution in [0.4, 0.5) is 11.5 Å². The number of pyridine rings is 2. The van der Waals surface area contributed by atoms with E-state index < -0.39 is 140 Å². The number of aromatic nitrogens is 2. The Kier molecular flexibility index (Phi) is 37.2. The van der Waals surface area contributed by atoms with Crippen LogP contribution in [0.15, 0.2) is 71.2 Å². The molecule has 3 heterocycles. The number of ether oxygens (including phenoxy) is 2. The van der Waals surface area contributed by atoms with Gasteiger partial charge in [-0.3, -0.25) is 68.0 Å². The molecule has 1 unspecified atom stereocenters. The number of unbranched alkanes of at least 4 members (excludes halogenated alkanes) is 2. The van der Waals surface area contributed by atoms with E-state index in [1.54, 1.807) is 13.8 Å². The fourth-order valence-corrected chi connectivity index (χ4v) is 7.94. The Hall–Kier alpha value is -9.48. The van der Waals surface area contributed by atoms with E-state index in [0.717, 1.165) is 4.90 Å². The second kappa shape index (κ2) is 42.5. The standard InChI is InChI=1S/C38H53N13O9.C12H14N2O5.C6H13NO5.Tc/c1-21(2)32-37(60)51(3)27(8-7-13-43-38(39)40)36(59)46-20-30(53)48-26(17-31(54)55)35(58)45-18-22-14-24(34(57)49-32)16-25(15-22)47-29(52)9-5-4-6-12-42-33(56)23-10-11-28(50-41)44-19-23;1-18-10(15)7-9(12(17)19-2)14-11(16)8-3-5-13-6-4-8;8-2-6(3-9,4-10)7-1-5(11)12;/h10-11,14-16,19,21,26-27,32,41H,4-9,12-13,17-18,20H2,1-3H3,(H,42,56)(H,45,58)(H,46,59)(H,47,52)(H,48,53)(H,49,57)(H,54,55)(H4,39,40,43);3-6,9H,7H2,1-2H3,(H,14,16);7-10H,1-4H2,(H,11,12);/t26-,27-,32+;;;/m0.../s1. The molecule has 1 radical (unpaired) electrons. The second-order valence-electron chi connectivity index (χ2n) is 20.4. The van der Waals surface area contributed by atoms with Gasteiger partial charge in [-0.1, -0.05) is 20.3 Å². The van der Waals surface area contributed by atoms with Crippen molar-refractivity contribution in [3.8, 4) is 0 Å². The molecule has 0 spiro atoms. The molecule has 35 nitrogen and oxygen atoms in total. The molecule has 505 valence electrons. The predicted molar refractivity (Wildman–Crippen MR) is 320 cm³/mol. The number of carbonyl (C=O) groups excluding carboxylic acids is 10. The van der Waals surface area contributed by atoms with Crippen LogP contribution in [0.5, 0.6) is 0 Å². The smallest absolute Gasteiger partial charge is 0.328 e. The van der Waals surface area contributed by atoms with Gasteiger partial charge in [0.15, 0.2) is 11.8 Å². The van der Waals surface area contributed by atoms with Crippen molar-refractivity contribution in [2.75, 3.05) is 72.6 Å². The summed E-state index contributed by atoms with van der Waals surface area (Å²) >= 11 is 0. The van der Waals surface area contributed by atoms with Gasteiger partial charge in [-0.2, -0.15) is 0 Å². The summed E-state index contributed by atoms with van der Waals surface area (Å²) in [5, 5.41) is 67.4. The number of nitrogens with two attached hydrogens (primary N) is 2. The Morgan fingerprint density at radius 2 is 1.49 bits per heavy atom. The molecule has 1 aliphatic heterocycles. The van der Waals surface area contributed by atoms with Crippen molar-refractivity contribution in [3.63, 3.8) is 0 Å². The van der Waals surface area contributed by atoms with Gasteiger partial charge < -0.3 is 88.6 Å². The number of guanidine groups is 1. The Bertz CT molecular complexity index is 3000. The van der Waals surface area contributed by atoms with E-state index in [9.17, 15) is 62.6 Å². The summed E-state index contributed by atoms with van der Waals surface area (Å²) < 4.78 is 8.98. The largest absolute Gasteiger partial charge is 0.481 e. The van der Waals surface area contributed by atoms with Crippen LogP contribution in [0.1, 0.15) is 102 Å². The molecule has 18 N–H and O–H groups in total. The van der Waals surface area contributed by atoms with Crippen LogP contribution in [-0.2, 0) is 79.3 Å². The van der Waals surface area contributed by atoms with Crippen LogP contribution < -0.4 is 54.0 Å². The van der Waals surface area contributed by atoms with Crippen LogP contribution in [0.2, 0.25) is 0 Å². The first kappa shape index (κ1) is 80.5. The average Bonchev–Trinajstić information content (AvgIpc) is 1.26. The summed E-state index contributed by atoms with van der Waals surface area (Å²) in [6, 6.07) is 5.33. The summed E-state index contributed by atoms with van der Waals surface area (Å²) in [5.74, 6) is -9.33. The minimum atomic E-state index is -1.55. The first-order chi connectivity index (χ1) is 43.2. The number of aliphatic hydroxyl groups is 3. The van der Waals surface area contributed by atoms with Crippen molar-refractivity contribution < 1.29 is 113 Å². The minimum Gasteiger partial charge on any atom is -0.481 e. The van der Waals surface area contributed by atoms with Crippen LogP contribution >= 0.6 is 0 Å². The SMILES string of the molecule is CC(C)[C@H]1NC(=O)c2cc(cc(NC(=O)CCCCCNC(=O)c3ccc(N=N)nc3)c2)CNC(=O)[C@H](CC(=O)O)NC(=O)CNC(=O)[C@H](CCCN=C(N)N)N(C)C1=O.COC(=O)CC(NC(=O)c1ccncc1)C(=O)OC.O=C(O)CNC(CO)(CO)CO.[Tc]. The third-order valence-electron chi connectivity index (χ3n) is 13.1. The number of rotatable bonds is 27. The van der Waals surface area contributed by atoms with Gasteiger partial charge in [-0.15, -0.1) is 5.11 Å². The van der Waals surface area contributed by atoms with Crippen molar-refractivity contribution in [2.45, 2.75) is 101 Å². The number of amides is 8. The van der Waals surface area contributed by atoms with E-state index in [4.69, 9.17) is 37.4 Å². The number of benzene rings is 1. The maximum atomic E-state index is 14.0. The molecule has 4 atom stereocenters. The Labute approximate surface area is 541 Å². The number of carbonyl (C=O) groups is 12. The molecule has 0 saturated heterocycles. The summed E-state index contributed by atoms with van der Waals surface area (Å²) in [6.45, 7) is 0.988. The average molecular weight is 1380 g/mol. The predicted octanol–water partition coefficient (Wildman–Crippen LogP) is -2.70. The van der Waals surface area contributed by atoms with Crippen LogP contribution in [0.25, 0.3) is 0 Å². The molecule has 0 aliphatic carbocycles. The van der Waals surface area contributed by atoms with Gasteiger partial charge in [0.1, 0.15) is 24.2 Å². The van der Waals surface area contributed by atoms with Crippen molar-refractivity contribution in [1.82, 2.24) is 52.1 Å². The number of hydrogen-bond donors (Lipinski definition) is 16. The van der Waals surface area contributed by atoms with E-state index >= 15 is 0 Å². The Morgan fingerprint density at radius 1 is 0.826 bits per heavy atom. The van der Waals surface area contributed by atoms with Crippen LogP contribution in [0, 0.1) is 11.4 Å². The molecule has 92 heavy (non-hydrogen) atoms. The number of anilines is 1. The van der Waals surface area contributed by atoms with E-state index in [-0.39, 0.29) is 87.8 Å². The number of nitrogens with one attached hydrogen (secondary N) is 9. The summed E-state index contributed by atoms with van der Waals surface area (Å²) in [4.78, 5) is 162. The Balaban J connectivity index is 0.00000107. The van der Waals surface area contributed by atoms with E-state index in [0.29, 0.717) is 42.5 Å². The summed E-state index contributed by atoms with van der Waals surface area (Å²) in [5.41, 5.74) is 17.7. The van der Waals surface area contributed by atoms with E-state index in [2.05, 4.69) is 72.1 Å². The van der Waals surface area contributed by atoms with Gasteiger partial charge in [0, 0.05) is 88.6 Å². The molecule has 4 rings (SSSR count). The topological polar surface area (TPSA) is 550 Å². The molecule has 36 heteroatoms. The fourth-order valence-electron chi connectivity index (χ4n) is 7.94. The summed E-state index contributed by atoms with van der Waals surface area (Å²) in [7, 11) is 3.74. The second-order valence-corrected chi connectivity index (χ2v) is 20.4. The molecular formula is C56H80N16O19Tc. The zero-order chi connectivity index (χ0) is 68.2. The molecule has 2 bridgehead atoms. The molecule has 8 amide bonds. The van der Waals surface area contributed by atoms with E-state index in [1.807, 2.05) is 0 Å². The van der Waals surface area contributed by atoms with Crippen molar-refractivity contribution in [3.05, 3.63) is 83.3 Å². The number of methoxy groups -OCH3 is 2. The molecule has 0 fully saturated rings. The number of aliphatic carboxylic acids is 2. The van der Waals surface area contributed by atoms with Crippen LogP contribution in [-0.4, -0.2) is 214 Å². The third kappa shape index (κ3) is 29.4. The Morgan fingerprint density at radius 3 is 2.05 bits per heavy atom. The summed E-state index contributed by atoms with van der Waals surface area (Å²) in [6.07, 6.45) is 5.14. The number of esters is 2. The normalized spacial score (nSPS) is 15.5.